The van der Waals surface area contributed by atoms with Gasteiger partial charge >= 0.3 is 0 Å². The van der Waals surface area contributed by atoms with Gasteiger partial charge in [0.05, 0.1) is 11.1 Å². The van der Waals surface area contributed by atoms with Crippen LogP contribution in [0.4, 0.5) is 8.78 Å². The van der Waals surface area contributed by atoms with Crippen molar-refractivity contribution in [2.24, 2.45) is 0 Å². The van der Waals surface area contributed by atoms with Gasteiger partial charge in [-0.1, -0.05) is 19.9 Å². The highest BCUT2D eigenvalue weighted by Gasteiger charge is 2.44. The first-order valence-corrected chi connectivity index (χ1v) is 11.2. The van der Waals surface area contributed by atoms with E-state index < -0.39 is 23.3 Å². The van der Waals surface area contributed by atoms with Gasteiger partial charge in [0, 0.05) is 43.2 Å². The summed E-state index contributed by atoms with van der Waals surface area (Å²) in [5, 5.41) is 10.4. The highest BCUT2D eigenvalue weighted by atomic mass is 19.1. The topological polar surface area (TPSA) is 36.4 Å². The van der Waals surface area contributed by atoms with Crippen LogP contribution in [0.3, 0.4) is 0 Å². The van der Waals surface area contributed by atoms with Crippen LogP contribution in [0.1, 0.15) is 56.2 Å². The van der Waals surface area contributed by atoms with Crippen molar-refractivity contribution in [2.45, 2.75) is 51.4 Å². The number of hydrogen-bond donors (Lipinski definition) is 1. The summed E-state index contributed by atoms with van der Waals surface area (Å²) in [6.07, 6.45) is 9.13. The van der Waals surface area contributed by atoms with Gasteiger partial charge in [0.1, 0.15) is 11.6 Å². The van der Waals surface area contributed by atoms with Crippen LogP contribution in [0.25, 0.3) is 0 Å². The van der Waals surface area contributed by atoms with Crippen LogP contribution in [0.15, 0.2) is 60.5 Å². The number of rotatable bonds is 6. The van der Waals surface area contributed by atoms with E-state index in [4.69, 9.17) is 4.74 Å². The van der Waals surface area contributed by atoms with Crippen LogP contribution in [0.5, 0.6) is 0 Å². The Morgan fingerprint density at radius 3 is 2.69 bits per heavy atom. The maximum atomic E-state index is 15.3. The molecule has 1 atom stereocenters. The number of methoxy groups -OCH3 is 1. The molecule has 0 radical (unpaired) electrons. The lowest BCUT2D eigenvalue weighted by atomic mass is 9.68. The van der Waals surface area contributed by atoms with Crippen molar-refractivity contribution in [1.29, 1.82) is 0 Å². The van der Waals surface area contributed by atoms with Crippen molar-refractivity contribution in [3.05, 3.63) is 88.9 Å². The normalized spacial score (nSPS) is 18.0. The number of nitrogens with zero attached hydrogens (tertiary/aromatic N) is 2. The summed E-state index contributed by atoms with van der Waals surface area (Å²) in [4.78, 5) is 0. The second kappa shape index (κ2) is 9.04. The Balaban J connectivity index is 1.97. The Morgan fingerprint density at radius 1 is 1.19 bits per heavy atom. The van der Waals surface area contributed by atoms with E-state index in [9.17, 15) is 9.50 Å². The van der Waals surface area contributed by atoms with Crippen molar-refractivity contribution in [2.75, 3.05) is 13.7 Å². The number of hydrogen-bond acceptors (Lipinski definition) is 2. The Bertz CT molecular complexity index is 1120. The molecule has 0 saturated carbocycles. The number of aliphatic hydroxyl groups is 1. The number of ether oxygens (including phenoxy) is 1. The van der Waals surface area contributed by atoms with Gasteiger partial charge in [-0.25, -0.2) is 8.78 Å². The number of benzene rings is 1. The molecule has 1 aromatic heterocycles. The third kappa shape index (κ3) is 3.71. The zero-order valence-corrected chi connectivity index (χ0v) is 18.8. The number of fused-ring (bicyclic) bond motifs is 2. The molecule has 0 saturated heterocycles. The Hall–Kier alpha value is -2.70. The number of pyridine rings is 1. The molecule has 1 unspecified atom stereocenters. The van der Waals surface area contributed by atoms with Crippen LogP contribution in [-0.4, -0.2) is 29.0 Å². The molecule has 1 N–H and O–H groups in total. The van der Waals surface area contributed by atoms with E-state index >= 15 is 4.39 Å². The Kier molecular flexibility index (Phi) is 6.35. The molecule has 3 heterocycles. The summed E-state index contributed by atoms with van der Waals surface area (Å²) in [5.74, 6) is -1.10. The largest absolute Gasteiger partial charge is 0.360 e. The molecule has 6 heteroatoms. The predicted octanol–water partition coefficient (Wildman–Crippen LogP) is 4.31. The van der Waals surface area contributed by atoms with Gasteiger partial charge in [-0.3, -0.25) is 0 Å². The van der Waals surface area contributed by atoms with Gasteiger partial charge in [-0.05, 0) is 30.5 Å². The lowest BCUT2D eigenvalue weighted by molar-refractivity contribution is -0.704. The van der Waals surface area contributed by atoms with Gasteiger partial charge in [0.25, 0.3) is 0 Å². The summed E-state index contributed by atoms with van der Waals surface area (Å²) in [6, 6.07) is 8.05. The quantitative estimate of drug-likeness (QED) is 0.537. The van der Waals surface area contributed by atoms with E-state index in [1.807, 2.05) is 41.1 Å². The standard InChI is InChI=1S/C26H30F2N2O2/c1-4-26(5-2)18(17-30-13-9-7-11-23(30)25(31)32-3)16-29-12-8-6-10-22(29)24-20(26)14-19(27)15-21(24)28/h6-7,9-11,13-16,25,31H,4-5,8,12,17H2,1-3H3/q+2. The summed E-state index contributed by atoms with van der Waals surface area (Å²) in [5.41, 5.74) is 3.03. The molecule has 0 bridgehead atoms. The average Bonchev–Trinajstić information content (AvgIpc) is 2.91. The second-order valence-electron chi connectivity index (χ2n) is 8.36. The third-order valence-corrected chi connectivity index (χ3v) is 6.87. The van der Waals surface area contributed by atoms with Crippen molar-refractivity contribution in [3.8, 4) is 0 Å². The minimum Gasteiger partial charge on any atom is -0.360 e. The van der Waals surface area contributed by atoms with Crippen LogP contribution < -0.4 is 4.57 Å². The summed E-state index contributed by atoms with van der Waals surface area (Å²) in [6.45, 7) is 5.32. The smallest absolute Gasteiger partial charge is 0.242 e. The van der Waals surface area contributed by atoms with Gasteiger partial charge in [-0.2, -0.15) is 9.14 Å². The highest BCUT2D eigenvalue weighted by molar-refractivity contribution is 6.07. The van der Waals surface area contributed by atoms with Gasteiger partial charge < -0.3 is 9.84 Å². The van der Waals surface area contributed by atoms with Crippen molar-refractivity contribution < 1.29 is 27.8 Å². The van der Waals surface area contributed by atoms with E-state index in [1.165, 1.54) is 13.2 Å². The monoisotopic (exact) mass is 440 g/mol. The van der Waals surface area contributed by atoms with Crippen molar-refractivity contribution in [1.82, 2.24) is 0 Å². The molecule has 0 aliphatic carbocycles. The van der Waals surface area contributed by atoms with Crippen molar-refractivity contribution in [3.63, 3.8) is 0 Å². The zero-order chi connectivity index (χ0) is 22.9. The molecule has 4 nitrogen and oxygen atoms in total. The van der Waals surface area contributed by atoms with E-state index in [0.29, 0.717) is 36.2 Å². The van der Waals surface area contributed by atoms with Crippen LogP contribution in [0.2, 0.25) is 0 Å². The number of halogens is 2. The fourth-order valence-electron chi connectivity index (χ4n) is 5.12. The minimum atomic E-state index is -1.07. The molecule has 0 spiro atoms. The summed E-state index contributed by atoms with van der Waals surface area (Å²) in [7, 11) is 1.46. The highest BCUT2D eigenvalue weighted by Crippen LogP contribution is 2.44. The molecule has 1 aromatic carbocycles. The molecule has 2 aromatic rings. The molecule has 168 valence electrons. The molecule has 4 rings (SSSR count). The van der Waals surface area contributed by atoms with Crippen LogP contribution >= 0.6 is 0 Å². The molecular formula is C26H30F2N2O2+2. The van der Waals surface area contributed by atoms with E-state index in [-0.39, 0.29) is 0 Å². The number of aromatic nitrogens is 1. The SMILES string of the molecule is CCC1(CC)C(C[n+]2ccccc2C(O)OC)=C[N+]2=C(C=CCC2)c2c(F)cc(F)cc21. The van der Waals surface area contributed by atoms with E-state index in [2.05, 4.69) is 24.6 Å². The zero-order valence-electron chi connectivity index (χ0n) is 18.8. The first kappa shape index (κ1) is 22.5. The number of aliphatic hydroxyl groups excluding tert-OH is 1. The molecular weight excluding hydrogens is 410 g/mol. The lowest BCUT2D eigenvalue weighted by Gasteiger charge is -2.33. The lowest BCUT2D eigenvalue weighted by Crippen LogP contribution is -2.44. The maximum Gasteiger partial charge on any atom is 0.242 e. The van der Waals surface area contributed by atoms with Crippen molar-refractivity contribution >= 4 is 5.71 Å². The Labute approximate surface area is 187 Å². The molecule has 0 amide bonds. The van der Waals surface area contributed by atoms with Gasteiger partial charge in [0.2, 0.25) is 17.7 Å². The predicted molar refractivity (Wildman–Crippen MR) is 118 cm³/mol. The first-order valence-electron chi connectivity index (χ1n) is 11.2. The Morgan fingerprint density at radius 2 is 1.97 bits per heavy atom. The second-order valence-corrected chi connectivity index (χ2v) is 8.36. The van der Waals surface area contributed by atoms with Crippen LogP contribution in [-0.2, 0) is 16.7 Å². The average molecular weight is 441 g/mol. The summed E-state index contributed by atoms with van der Waals surface area (Å²) >= 11 is 0. The van der Waals surface area contributed by atoms with Gasteiger partial charge in [-0.15, -0.1) is 0 Å². The molecule has 0 fully saturated rings. The van der Waals surface area contributed by atoms with E-state index in [1.54, 1.807) is 0 Å². The molecule has 2 aliphatic heterocycles. The fraction of sp³-hybridized carbons (Fsp3) is 0.385. The number of allylic oxidation sites excluding steroid dienone is 2. The fourth-order valence-corrected chi connectivity index (χ4v) is 5.12. The molecule has 32 heavy (non-hydrogen) atoms. The summed E-state index contributed by atoms with van der Waals surface area (Å²) < 4.78 is 39.0. The minimum absolute atomic E-state index is 0.462. The van der Waals surface area contributed by atoms with Crippen LogP contribution in [0, 0.1) is 11.6 Å². The maximum absolute atomic E-state index is 15.3. The van der Waals surface area contributed by atoms with E-state index in [0.717, 1.165) is 30.3 Å². The molecule has 2 aliphatic rings. The first-order chi connectivity index (χ1) is 15.4. The van der Waals surface area contributed by atoms with Gasteiger partial charge in [0.15, 0.2) is 25.5 Å². The third-order valence-electron chi connectivity index (χ3n) is 6.87.